The maximum Gasteiger partial charge on any atom is 0.425 e. The van der Waals surface area contributed by atoms with Crippen LogP contribution < -0.4 is 10.5 Å². The van der Waals surface area contributed by atoms with Crippen molar-refractivity contribution in [1.82, 2.24) is 25.1 Å². The number of hydrogen-bond acceptors (Lipinski definition) is 13. The van der Waals surface area contributed by atoms with E-state index < -0.39 is 40.7 Å². The fraction of sp³-hybridized carbons (Fsp3) is 0.429. The molecule has 50 heavy (non-hydrogen) atoms. The Bertz CT molecular complexity index is 1900. The Balaban J connectivity index is 1.79. The van der Waals surface area contributed by atoms with Gasteiger partial charge in [-0.1, -0.05) is 12.1 Å². The van der Waals surface area contributed by atoms with Crippen molar-refractivity contribution in [1.29, 1.82) is 0 Å². The quantitative estimate of drug-likeness (QED) is 0.186. The Kier molecular flexibility index (Phi) is 10.5. The molecule has 266 valence electrons. The highest BCUT2D eigenvalue weighted by Crippen LogP contribution is 2.34. The number of carbonyl (C=O) groups excluding carboxylic acids is 3. The number of aryl methyl sites for hydroxylation is 1. The van der Waals surface area contributed by atoms with Gasteiger partial charge in [0.15, 0.2) is 11.5 Å². The Morgan fingerprint density at radius 1 is 0.800 bits per heavy atom. The summed E-state index contributed by atoms with van der Waals surface area (Å²) >= 11 is 0. The zero-order valence-corrected chi connectivity index (χ0v) is 30.1. The Morgan fingerprint density at radius 2 is 1.38 bits per heavy atom. The molecule has 3 aromatic heterocycles. The van der Waals surface area contributed by atoms with Gasteiger partial charge in [-0.25, -0.2) is 29.1 Å². The van der Waals surface area contributed by atoms with Gasteiger partial charge in [-0.2, -0.15) is 4.90 Å². The van der Waals surface area contributed by atoms with Crippen LogP contribution in [0.4, 0.5) is 20.2 Å². The summed E-state index contributed by atoms with van der Waals surface area (Å²) in [6.07, 6.45) is -0.139. The summed E-state index contributed by atoms with van der Waals surface area (Å²) in [6.45, 7) is 17.4. The summed E-state index contributed by atoms with van der Waals surface area (Å²) in [5, 5.41) is 8.42. The standard InChI is InChI=1S/C35H42N6O9/c1-20-16-21(18-40(11)30(43)48-33(2,3)4)12-14-23(20)28-38-39-29(47-28)26-27(36-17-24(37-26)22-13-15-25(42)46-19-22)41(31(44)49-34(5,6)7)32(45)50-35(8,9)10/h12-17,19H,18H2,1-11H3. The van der Waals surface area contributed by atoms with Crippen LogP contribution in [-0.2, 0) is 20.8 Å². The molecule has 0 saturated heterocycles. The minimum atomic E-state index is -1.08. The number of amides is 3. The molecule has 1 aromatic carbocycles. The predicted molar refractivity (Wildman–Crippen MR) is 182 cm³/mol. The third-order valence-corrected chi connectivity index (χ3v) is 6.39. The number of carbonyl (C=O) groups is 3. The number of ether oxygens (including phenoxy) is 3. The van der Waals surface area contributed by atoms with Crippen LogP contribution in [0.5, 0.6) is 0 Å². The van der Waals surface area contributed by atoms with Crippen LogP contribution in [0.3, 0.4) is 0 Å². The van der Waals surface area contributed by atoms with Crippen LogP contribution in [0.25, 0.3) is 34.3 Å². The Hall–Kier alpha value is -5.60. The van der Waals surface area contributed by atoms with Gasteiger partial charge in [0, 0.05) is 30.8 Å². The first kappa shape index (κ1) is 37.2. The van der Waals surface area contributed by atoms with Crippen molar-refractivity contribution in [3.05, 3.63) is 64.3 Å². The highest BCUT2D eigenvalue weighted by atomic mass is 16.6. The van der Waals surface area contributed by atoms with E-state index in [1.807, 2.05) is 19.1 Å². The van der Waals surface area contributed by atoms with E-state index in [0.717, 1.165) is 11.1 Å². The molecule has 0 aliphatic carbocycles. The normalized spacial score (nSPS) is 11.9. The van der Waals surface area contributed by atoms with Crippen molar-refractivity contribution in [2.24, 2.45) is 0 Å². The molecule has 0 fully saturated rings. The lowest BCUT2D eigenvalue weighted by atomic mass is 10.0. The van der Waals surface area contributed by atoms with Gasteiger partial charge in [-0.3, -0.25) is 0 Å². The first-order valence-electron chi connectivity index (χ1n) is 15.7. The predicted octanol–water partition coefficient (Wildman–Crippen LogP) is 7.17. The Morgan fingerprint density at radius 3 is 1.92 bits per heavy atom. The average molecular weight is 691 g/mol. The monoisotopic (exact) mass is 690 g/mol. The molecule has 15 heteroatoms. The third-order valence-electron chi connectivity index (χ3n) is 6.39. The van der Waals surface area contributed by atoms with Crippen LogP contribution >= 0.6 is 0 Å². The van der Waals surface area contributed by atoms with Gasteiger partial charge in [0.1, 0.15) is 23.1 Å². The lowest BCUT2D eigenvalue weighted by Gasteiger charge is -2.28. The molecule has 4 aromatic rings. The van der Waals surface area contributed by atoms with Gasteiger partial charge in [0.2, 0.25) is 5.89 Å². The van der Waals surface area contributed by atoms with Crippen LogP contribution in [0.2, 0.25) is 0 Å². The van der Waals surface area contributed by atoms with Crippen LogP contribution in [0.1, 0.15) is 73.4 Å². The molecule has 0 unspecified atom stereocenters. The molecule has 0 bridgehead atoms. The first-order valence-corrected chi connectivity index (χ1v) is 15.7. The molecule has 0 aliphatic heterocycles. The topological polar surface area (TPSA) is 180 Å². The van der Waals surface area contributed by atoms with E-state index in [9.17, 15) is 19.2 Å². The van der Waals surface area contributed by atoms with Gasteiger partial charge in [-0.05, 0) is 92.5 Å². The van der Waals surface area contributed by atoms with Crippen molar-refractivity contribution < 1.29 is 37.4 Å². The molecule has 0 aliphatic rings. The van der Waals surface area contributed by atoms with Crippen molar-refractivity contribution in [2.45, 2.75) is 92.6 Å². The number of nitrogens with zero attached hydrogens (tertiary/aromatic N) is 6. The number of imide groups is 1. The van der Waals surface area contributed by atoms with Gasteiger partial charge in [0.05, 0.1) is 11.9 Å². The number of anilines is 1. The molecular formula is C35H42N6O9. The second-order valence-electron chi connectivity index (χ2n) is 14.5. The van der Waals surface area contributed by atoms with Gasteiger partial charge >= 0.3 is 23.9 Å². The lowest BCUT2D eigenvalue weighted by molar-refractivity contribution is 0.0283. The fourth-order valence-electron chi connectivity index (χ4n) is 4.37. The number of hydrogen-bond donors (Lipinski definition) is 0. The zero-order chi connectivity index (χ0) is 37.2. The summed E-state index contributed by atoms with van der Waals surface area (Å²) in [7, 11) is 1.65. The molecular weight excluding hydrogens is 648 g/mol. The average Bonchev–Trinajstić information content (AvgIpc) is 3.45. The summed E-state index contributed by atoms with van der Waals surface area (Å²) < 4.78 is 27.6. The molecule has 0 atom stereocenters. The second-order valence-corrected chi connectivity index (χ2v) is 14.5. The van der Waals surface area contributed by atoms with Gasteiger partial charge in [0.25, 0.3) is 5.89 Å². The summed E-state index contributed by atoms with van der Waals surface area (Å²) in [5.74, 6) is -0.386. The van der Waals surface area contributed by atoms with E-state index in [-0.39, 0.29) is 29.0 Å². The zero-order valence-electron chi connectivity index (χ0n) is 30.1. The van der Waals surface area contributed by atoms with Gasteiger partial charge in [-0.15, -0.1) is 10.2 Å². The van der Waals surface area contributed by atoms with E-state index in [4.69, 9.17) is 23.0 Å². The Labute approximate surface area is 289 Å². The molecule has 0 saturated carbocycles. The molecule has 15 nitrogen and oxygen atoms in total. The van der Waals surface area contributed by atoms with Gasteiger partial charge < -0.3 is 27.9 Å². The van der Waals surface area contributed by atoms with E-state index in [1.165, 1.54) is 29.5 Å². The van der Waals surface area contributed by atoms with Crippen LogP contribution in [-0.4, -0.2) is 67.2 Å². The summed E-state index contributed by atoms with van der Waals surface area (Å²) in [5.41, 5.74) is -0.582. The smallest absolute Gasteiger partial charge is 0.425 e. The van der Waals surface area contributed by atoms with E-state index in [0.29, 0.717) is 22.6 Å². The SMILES string of the molecule is Cc1cc(CN(C)C(=O)OC(C)(C)C)ccc1-c1nnc(-c2nc(-c3ccc(=O)oc3)cnc2N(C(=O)OC(C)(C)C)C(=O)OC(C)(C)C)o1. The van der Waals surface area contributed by atoms with Crippen LogP contribution in [0.15, 0.2) is 56.4 Å². The van der Waals surface area contributed by atoms with Crippen molar-refractivity contribution in [2.75, 3.05) is 11.9 Å². The molecule has 0 spiro atoms. The van der Waals surface area contributed by atoms with Crippen molar-refractivity contribution in [3.8, 4) is 34.3 Å². The lowest BCUT2D eigenvalue weighted by Crippen LogP contribution is -2.44. The molecule has 4 rings (SSSR count). The van der Waals surface area contributed by atoms with E-state index in [2.05, 4.69) is 20.2 Å². The molecule has 3 heterocycles. The highest BCUT2D eigenvalue weighted by molar-refractivity contribution is 6.10. The second kappa shape index (κ2) is 14.1. The minimum absolute atomic E-state index is 0.106. The number of aromatic nitrogens is 4. The number of rotatable bonds is 6. The minimum Gasteiger partial charge on any atom is -0.444 e. The van der Waals surface area contributed by atoms with E-state index in [1.54, 1.807) is 75.4 Å². The molecule has 0 N–H and O–H groups in total. The molecule has 0 radical (unpaired) electrons. The van der Waals surface area contributed by atoms with Crippen LogP contribution in [0, 0.1) is 6.92 Å². The van der Waals surface area contributed by atoms with Crippen molar-refractivity contribution >= 4 is 24.1 Å². The fourth-order valence-corrected chi connectivity index (χ4v) is 4.37. The summed E-state index contributed by atoms with van der Waals surface area (Å²) in [6, 6.07) is 8.15. The third kappa shape index (κ3) is 9.74. The summed E-state index contributed by atoms with van der Waals surface area (Å²) in [4.78, 5) is 62.3. The van der Waals surface area contributed by atoms with Crippen molar-refractivity contribution in [3.63, 3.8) is 0 Å². The largest absolute Gasteiger partial charge is 0.444 e. The highest BCUT2D eigenvalue weighted by Gasteiger charge is 2.37. The maximum atomic E-state index is 13.5. The molecule has 3 amide bonds. The van der Waals surface area contributed by atoms with E-state index >= 15 is 0 Å². The first-order chi connectivity index (χ1) is 23.1. The number of benzene rings is 1. The maximum absolute atomic E-state index is 13.5.